The molecule has 230 valence electrons. The SMILES string of the molecule is c1ccc(-c2ccc(N(c3ccc4ccccc4c3)c3cc4c5cc6ccccc6cc5sc4c4nc(-c5ccccc5)oc34)cc2)cc1. The van der Waals surface area contributed by atoms with Crippen LogP contribution < -0.4 is 4.90 Å². The quantitative estimate of drug-likeness (QED) is 0.187. The maximum absolute atomic E-state index is 6.83. The minimum atomic E-state index is 0.616. The Bertz CT molecular complexity index is 2820. The van der Waals surface area contributed by atoms with Gasteiger partial charge in [-0.3, -0.25) is 0 Å². The van der Waals surface area contributed by atoms with E-state index in [9.17, 15) is 0 Å². The second-order valence-electron chi connectivity index (χ2n) is 12.4. The molecular formula is C45H28N2OS. The Morgan fingerprint density at radius 2 is 1.06 bits per heavy atom. The second kappa shape index (κ2) is 11.2. The number of thiophene rings is 1. The van der Waals surface area contributed by atoms with Crippen molar-refractivity contribution in [1.29, 1.82) is 0 Å². The highest BCUT2D eigenvalue weighted by molar-refractivity contribution is 7.26. The minimum Gasteiger partial charge on any atom is -0.434 e. The first kappa shape index (κ1) is 27.8. The summed E-state index contributed by atoms with van der Waals surface area (Å²) in [6, 6.07) is 60.3. The zero-order chi connectivity index (χ0) is 32.3. The molecule has 3 nitrogen and oxygen atoms in total. The number of benzene rings is 8. The van der Waals surface area contributed by atoms with Gasteiger partial charge in [0.05, 0.1) is 10.4 Å². The van der Waals surface area contributed by atoms with E-state index in [1.54, 1.807) is 11.3 Å². The number of rotatable bonds is 5. The number of oxazole rings is 1. The van der Waals surface area contributed by atoms with E-state index >= 15 is 0 Å². The van der Waals surface area contributed by atoms with Crippen molar-refractivity contribution in [3.63, 3.8) is 0 Å². The van der Waals surface area contributed by atoms with Crippen molar-refractivity contribution in [1.82, 2.24) is 4.98 Å². The fraction of sp³-hybridized carbons (Fsp3) is 0. The highest BCUT2D eigenvalue weighted by atomic mass is 32.1. The Morgan fingerprint density at radius 1 is 0.469 bits per heavy atom. The minimum absolute atomic E-state index is 0.616. The molecule has 0 aliphatic heterocycles. The van der Waals surface area contributed by atoms with Gasteiger partial charge in [-0.05, 0) is 87.3 Å². The fourth-order valence-electron chi connectivity index (χ4n) is 7.02. The Morgan fingerprint density at radius 3 is 1.80 bits per heavy atom. The van der Waals surface area contributed by atoms with Crippen LogP contribution in [0.5, 0.6) is 0 Å². The van der Waals surface area contributed by atoms with Crippen LogP contribution in [0.1, 0.15) is 0 Å². The molecule has 2 aromatic heterocycles. The lowest BCUT2D eigenvalue weighted by Crippen LogP contribution is -2.10. The molecule has 10 aromatic rings. The van der Waals surface area contributed by atoms with Crippen LogP contribution in [0, 0.1) is 0 Å². The molecule has 0 saturated heterocycles. The summed E-state index contributed by atoms with van der Waals surface area (Å²) >= 11 is 1.79. The summed E-state index contributed by atoms with van der Waals surface area (Å²) in [4.78, 5) is 7.55. The maximum atomic E-state index is 6.83. The lowest BCUT2D eigenvalue weighted by Gasteiger charge is -2.26. The molecule has 0 atom stereocenters. The van der Waals surface area contributed by atoms with E-state index in [4.69, 9.17) is 9.40 Å². The summed E-state index contributed by atoms with van der Waals surface area (Å²) < 4.78 is 9.19. The highest BCUT2D eigenvalue weighted by Crippen LogP contribution is 2.48. The summed E-state index contributed by atoms with van der Waals surface area (Å²) in [5, 5.41) is 7.24. The van der Waals surface area contributed by atoms with Crippen molar-refractivity contribution in [2.75, 3.05) is 4.90 Å². The Kier molecular flexibility index (Phi) is 6.36. The van der Waals surface area contributed by atoms with Gasteiger partial charge in [-0.25, -0.2) is 4.98 Å². The summed E-state index contributed by atoms with van der Waals surface area (Å²) in [6.45, 7) is 0. The average Bonchev–Trinajstić information content (AvgIpc) is 3.77. The predicted molar refractivity (Wildman–Crippen MR) is 207 cm³/mol. The molecule has 0 unspecified atom stereocenters. The molecule has 0 N–H and O–H groups in total. The smallest absolute Gasteiger partial charge is 0.227 e. The van der Waals surface area contributed by atoms with Crippen LogP contribution in [0.25, 0.3) is 75.4 Å². The van der Waals surface area contributed by atoms with E-state index in [2.05, 4.69) is 157 Å². The van der Waals surface area contributed by atoms with Gasteiger partial charge in [-0.15, -0.1) is 11.3 Å². The van der Waals surface area contributed by atoms with Gasteiger partial charge in [0, 0.05) is 32.4 Å². The third-order valence-electron chi connectivity index (χ3n) is 9.44. The number of hydrogen-bond acceptors (Lipinski definition) is 4. The molecule has 10 rings (SSSR count). The third-order valence-corrected chi connectivity index (χ3v) is 10.6. The van der Waals surface area contributed by atoms with E-state index in [-0.39, 0.29) is 0 Å². The monoisotopic (exact) mass is 644 g/mol. The van der Waals surface area contributed by atoms with Gasteiger partial charge in [-0.1, -0.05) is 115 Å². The standard InChI is InChI=1S/C45H28N2OS/c1-3-11-29(12-4-1)31-19-22-36(23-20-31)47(37-24-21-30-13-7-8-16-33(30)25-37)40-28-39-38-26-34-17-9-10-18-35(34)27-41(38)49-44(39)42-43(40)48-45(46-42)32-14-5-2-6-15-32/h1-28H. The van der Waals surface area contributed by atoms with Crippen LogP contribution in [0.2, 0.25) is 0 Å². The van der Waals surface area contributed by atoms with Gasteiger partial charge in [0.25, 0.3) is 0 Å². The largest absolute Gasteiger partial charge is 0.434 e. The maximum Gasteiger partial charge on any atom is 0.227 e. The average molecular weight is 645 g/mol. The lowest BCUT2D eigenvalue weighted by molar-refractivity contribution is 0.620. The van der Waals surface area contributed by atoms with Gasteiger partial charge in [0.15, 0.2) is 5.58 Å². The topological polar surface area (TPSA) is 29.3 Å². The summed E-state index contributed by atoms with van der Waals surface area (Å²) in [6.07, 6.45) is 0. The molecule has 0 aliphatic carbocycles. The molecule has 0 radical (unpaired) electrons. The molecule has 49 heavy (non-hydrogen) atoms. The van der Waals surface area contributed by atoms with Gasteiger partial charge < -0.3 is 9.32 Å². The van der Waals surface area contributed by atoms with E-state index in [0.717, 1.165) is 38.4 Å². The first-order valence-corrected chi connectivity index (χ1v) is 17.3. The fourth-order valence-corrected chi connectivity index (χ4v) is 8.22. The lowest BCUT2D eigenvalue weighted by atomic mass is 10.0. The van der Waals surface area contributed by atoms with Crippen LogP contribution in [-0.4, -0.2) is 4.98 Å². The molecule has 0 fully saturated rings. The molecule has 0 amide bonds. The van der Waals surface area contributed by atoms with Crippen LogP contribution in [-0.2, 0) is 0 Å². The van der Waals surface area contributed by atoms with Gasteiger partial charge in [0.1, 0.15) is 5.52 Å². The van der Waals surface area contributed by atoms with Crippen molar-refractivity contribution >= 4 is 81.2 Å². The van der Waals surface area contributed by atoms with Gasteiger partial charge in [0.2, 0.25) is 5.89 Å². The van der Waals surface area contributed by atoms with Crippen molar-refractivity contribution in [2.45, 2.75) is 0 Å². The highest BCUT2D eigenvalue weighted by Gasteiger charge is 2.24. The van der Waals surface area contributed by atoms with Crippen LogP contribution in [0.3, 0.4) is 0 Å². The zero-order valence-electron chi connectivity index (χ0n) is 26.4. The van der Waals surface area contributed by atoms with E-state index < -0.39 is 0 Å². The van der Waals surface area contributed by atoms with Crippen molar-refractivity contribution in [3.8, 4) is 22.6 Å². The first-order valence-electron chi connectivity index (χ1n) is 16.5. The molecule has 0 bridgehead atoms. The zero-order valence-corrected chi connectivity index (χ0v) is 27.2. The first-order chi connectivity index (χ1) is 24.3. The van der Waals surface area contributed by atoms with E-state index in [1.165, 1.54) is 48.1 Å². The van der Waals surface area contributed by atoms with Crippen LogP contribution >= 0.6 is 11.3 Å². The predicted octanol–water partition coefficient (Wildman–Crippen LogP) is 13.3. The van der Waals surface area contributed by atoms with E-state index in [0.29, 0.717) is 5.89 Å². The Balaban J connectivity index is 1.28. The molecule has 0 aliphatic rings. The van der Waals surface area contributed by atoms with E-state index in [1.807, 2.05) is 18.2 Å². The van der Waals surface area contributed by atoms with Gasteiger partial charge in [-0.2, -0.15) is 0 Å². The number of nitrogens with zero attached hydrogens (tertiary/aromatic N) is 2. The number of aromatic nitrogens is 1. The Labute approximate surface area is 286 Å². The molecule has 8 aromatic carbocycles. The molecule has 0 spiro atoms. The van der Waals surface area contributed by atoms with Crippen molar-refractivity contribution in [3.05, 3.63) is 170 Å². The number of fused-ring (bicyclic) bond motifs is 7. The van der Waals surface area contributed by atoms with Crippen LogP contribution in [0.4, 0.5) is 17.1 Å². The summed E-state index contributed by atoms with van der Waals surface area (Å²) in [5.41, 5.74) is 8.00. The van der Waals surface area contributed by atoms with Crippen molar-refractivity contribution < 1.29 is 4.42 Å². The van der Waals surface area contributed by atoms with Crippen LogP contribution in [0.15, 0.2) is 174 Å². The van der Waals surface area contributed by atoms with Crippen molar-refractivity contribution in [2.24, 2.45) is 0 Å². The molecular weight excluding hydrogens is 617 g/mol. The number of hydrogen-bond donors (Lipinski definition) is 0. The third kappa shape index (κ3) is 4.68. The molecule has 2 heterocycles. The summed E-state index contributed by atoms with van der Waals surface area (Å²) in [5.74, 6) is 0.616. The number of anilines is 3. The molecule has 0 saturated carbocycles. The summed E-state index contributed by atoms with van der Waals surface area (Å²) in [7, 11) is 0. The second-order valence-corrected chi connectivity index (χ2v) is 13.5. The normalized spacial score (nSPS) is 11.7. The Hall–Kier alpha value is -6.23. The van der Waals surface area contributed by atoms with Gasteiger partial charge >= 0.3 is 0 Å². The molecule has 4 heteroatoms.